The molecule has 0 N–H and O–H groups in total. The molecule has 0 spiro atoms. The number of hydrogen-bond acceptors (Lipinski definition) is 4. The van der Waals surface area contributed by atoms with Gasteiger partial charge < -0.3 is 9.68 Å². The van der Waals surface area contributed by atoms with E-state index in [1.807, 2.05) is 0 Å². The third kappa shape index (κ3) is 5.14. The summed E-state index contributed by atoms with van der Waals surface area (Å²) in [7, 11) is 3.24. The van der Waals surface area contributed by atoms with Gasteiger partial charge in [0.2, 0.25) is 0 Å². The topological polar surface area (TPSA) is 43.2 Å². The summed E-state index contributed by atoms with van der Waals surface area (Å²) in [4.78, 5) is 9.71. The van der Waals surface area contributed by atoms with E-state index >= 15 is 0 Å². The first-order valence-electron chi connectivity index (χ1n) is 6.04. The van der Waals surface area contributed by atoms with Crippen molar-refractivity contribution < 1.29 is 9.68 Å². The van der Waals surface area contributed by atoms with Gasteiger partial charge in [0.05, 0.1) is 11.4 Å². The summed E-state index contributed by atoms with van der Waals surface area (Å²) in [6.45, 7) is 0. The van der Waals surface area contributed by atoms with E-state index in [9.17, 15) is 0 Å². The number of hydrogen-bond donors (Lipinski definition) is 0. The largest absolute Gasteiger partial charge is 0.399 e. The zero-order chi connectivity index (χ0) is 11.6. The van der Waals surface area contributed by atoms with Crippen molar-refractivity contribution >= 4 is 11.4 Å². The lowest BCUT2D eigenvalue weighted by molar-refractivity contribution is 0.210. The van der Waals surface area contributed by atoms with Gasteiger partial charge in [0.25, 0.3) is 0 Å². The molecule has 4 heteroatoms. The van der Waals surface area contributed by atoms with Crippen LogP contribution in [0.15, 0.2) is 10.3 Å². The summed E-state index contributed by atoms with van der Waals surface area (Å²) in [6, 6.07) is 0. The van der Waals surface area contributed by atoms with Crippen LogP contribution in [0.4, 0.5) is 0 Å². The molecule has 0 aromatic heterocycles. The van der Waals surface area contributed by atoms with Gasteiger partial charge >= 0.3 is 0 Å². The fourth-order valence-electron chi connectivity index (χ4n) is 2.01. The molecular weight excluding hydrogens is 204 g/mol. The van der Waals surface area contributed by atoms with Gasteiger partial charge in [-0.05, 0) is 51.4 Å². The van der Waals surface area contributed by atoms with Crippen molar-refractivity contribution in [3.8, 4) is 0 Å². The maximum atomic E-state index is 4.85. The SMILES string of the molecule is CON=C1CCCCC(=NOC)CCCC1. The van der Waals surface area contributed by atoms with Crippen LogP contribution < -0.4 is 0 Å². The first kappa shape index (κ1) is 13.0. The minimum Gasteiger partial charge on any atom is -0.399 e. The highest BCUT2D eigenvalue weighted by Gasteiger charge is 2.07. The summed E-state index contributed by atoms with van der Waals surface area (Å²) in [5.41, 5.74) is 2.41. The molecule has 0 saturated heterocycles. The van der Waals surface area contributed by atoms with Crippen molar-refractivity contribution in [3.63, 3.8) is 0 Å². The lowest BCUT2D eigenvalue weighted by Gasteiger charge is -2.10. The van der Waals surface area contributed by atoms with E-state index in [0.717, 1.165) is 51.4 Å². The molecule has 0 radical (unpaired) electrons. The summed E-state index contributed by atoms with van der Waals surface area (Å²) < 4.78 is 0. The van der Waals surface area contributed by atoms with Gasteiger partial charge in [-0.15, -0.1) is 0 Å². The molecule has 16 heavy (non-hydrogen) atoms. The van der Waals surface area contributed by atoms with Crippen molar-refractivity contribution in [2.45, 2.75) is 51.4 Å². The molecule has 1 aliphatic carbocycles. The molecule has 1 rings (SSSR count). The molecule has 1 fully saturated rings. The molecule has 1 aliphatic rings. The second-order valence-corrected chi connectivity index (χ2v) is 4.09. The van der Waals surface area contributed by atoms with Crippen LogP contribution in [0.2, 0.25) is 0 Å². The van der Waals surface area contributed by atoms with Gasteiger partial charge in [-0.2, -0.15) is 0 Å². The molecule has 1 saturated carbocycles. The fraction of sp³-hybridized carbons (Fsp3) is 0.833. The summed E-state index contributed by atoms with van der Waals surface area (Å²) in [5, 5.41) is 8.15. The van der Waals surface area contributed by atoms with Gasteiger partial charge in [-0.25, -0.2) is 0 Å². The molecule has 0 aromatic rings. The van der Waals surface area contributed by atoms with Gasteiger partial charge in [0.1, 0.15) is 14.2 Å². The standard InChI is InChI=1S/C12H22N2O2/c1-15-13-11-7-3-5-9-12(14-16-2)10-6-4-8-11/h3-10H2,1-2H3. The molecule has 4 nitrogen and oxygen atoms in total. The molecule has 0 heterocycles. The molecule has 92 valence electrons. The monoisotopic (exact) mass is 226 g/mol. The lowest BCUT2D eigenvalue weighted by atomic mass is 9.98. The summed E-state index contributed by atoms with van der Waals surface area (Å²) in [6.07, 6.45) is 8.83. The highest BCUT2D eigenvalue weighted by atomic mass is 16.6. The van der Waals surface area contributed by atoms with Gasteiger partial charge in [0, 0.05) is 0 Å². The Morgan fingerprint density at radius 1 is 0.688 bits per heavy atom. The Morgan fingerprint density at radius 2 is 1.00 bits per heavy atom. The van der Waals surface area contributed by atoms with E-state index in [4.69, 9.17) is 9.68 Å². The van der Waals surface area contributed by atoms with Gasteiger partial charge in [-0.3, -0.25) is 0 Å². The highest BCUT2D eigenvalue weighted by Crippen LogP contribution is 2.14. The Morgan fingerprint density at radius 3 is 1.25 bits per heavy atom. The zero-order valence-corrected chi connectivity index (χ0v) is 10.4. The van der Waals surface area contributed by atoms with E-state index in [0.29, 0.717) is 0 Å². The van der Waals surface area contributed by atoms with Crippen molar-refractivity contribution in [1.29, 1.82) is 0 Å². The highest BCUT2D eigenvalue weighted by molar-refractivity contribution is 5.85. The maximum absolute atomic E-state index is 4.85. The molecule has 0 unspecified atom stereocenters. The molecule has 0 bridgehead atoms. The van der Waals surface area contributed by atoms with Crippen molar-refractivity contribution in [2.24, 2.45) is 10.3 Å². The Hall–Kier alpha value is -1.06. The molecule has 0 atom stereocenters. The third-order valence-electron chi connectivity index (χ3n) is 2.80. The Kier molecular flexibility index (Phi) is 6.61. The normalized spacial score (nSPS) is 18.9. The quantitative estimate of drug-likeness (QED) is 0.679. The van der Waals surface area contributed by atoms with E-state index < -0.39 is 0 Å². The number of oxime groups is 2. The van der Waals surface area contributed by atoms with Gasteiger partial charge in [0.15, 0.2) is 0 Å². The van der Waals surface area contributed by atoms with Crippen LogP contribution in [-0.2, 0) is 9.68 Å². The van der Waals surface area contributed by atoms with Crippen LogP contribution in [0.5, 0.6) is 0 Å². The van der Waals surface area contributed by atoms with E-state index in [1.165, 1.54) is 11.4 Å². The van der Waals surface area contributed by atoms with Crippen LogP contribution >= 0.6 is 0 Å². The Bertz CT molecular complexity index is 207. The average molecular weight is 226 g/mol. The first-order valence-corrected chi connectivity index (χ1v) is 6.04. The van der Waals surface area contributed by atoms with Crippen LogP contribution in [0.3, 0.4) is 0 Å². The van der Waals surface area contributed by atoms with Crippen LogP contribution in [-0.4, -0.2) is 25.6 Å². The summed E-state index contributed by atoms with van der Waals surface area (Å²) >= 11 is 0. The van der Waals surface area contributed by atoms with Crippen molar-refractivity contribution in [3.05, 3.63) is 0 Å². The predicted octanol–water partition coefficient (Wildman–Crippen LogP) is 3.13. The smallest absolute Gasteiger partial charge is 0.106 e. The maximum Gasteiger partial charge on any atom is 0.106 e. The number of nitrogens with zero attached hydrogens (tertiary/aromatic N) is 2. The second-order valence-electron chi connectivity index (χ2n) is 4.09. The molecular formula is C12H22N2O2. The van der Waals surface area contributed by atoms with Crippen LogP contribution in [0.1, 0.15) is 51.4 Å². The van der Waals surface area contributed by atoms with Gasteiger partial charge in [-0.1, -0.05) is 10.3 Å². The minimum absolute atomic E-state index is 1.05. The van der Waals surface area contributed by atoms with E-state index in [-0.39, 0.29) is 0 Å². The van der Waals surface area contributed by atoms with Crippen LogP contribution in [0.25, 0.3) is 0 Å². The minimum atomic E-state index is 1.05. The first-order chi connectivity index (χ1) is 7.86. The predicted molar refractivity (Wildman–Crippen MR) is 65.8 cm³/mol. The molecule has 0 aliphatic heterocycles. The molecule has 0 amide bonds. The van der Waals surface area contributed by atoms with Crippen molar-refractivity contribution in [1.82, 2.24) is 0 Å². The van der Waals surface area contributed by atoms with Crippen molar-refractivity contribution in [2.75, 3.05) is 14.2 Å². The summed E-state index contributed by atoms with van der Waals surface area (Å²) in [5.74, 6) is 0. The van der Waals surface area contributed by atoms with Crippen LogP contribution in [0, 0.1) is 0 Å². The third-order valence-corrected chi connectivity index (χ3v) is 2.80. The molecule has 0 aromatic carbocycles. The second kappa shape index (κ2) is 8.13. The van der Waals surface area contributed by atoms with E-state index in [1.54, 1.807) is 14.2 Å². The zero-order valence-electron chi connectivity index (χ0n) is 10.4. The Balaban J connectivity index is 2.43. The fourth-order valence-corrected chi connectivity index (χ4v) is 2.01. The van der Waals surface area contributed by atoms with E-state index in [2.05, 4.69) is 10.3 Å². The average Bonchev–Trinajstić information content (AvgIpc) is 2.29. The number of rotatable bonds is 2. The lowest BCUT2D eigenvalue weighted by Crippen LogP contribution is -2.06. The Labute approximate surface area is 97.7 Å².